The van der Waals surface area contributed by atoms with E-state index in [0.717, 1.165) is 72.6 Å². The number of amides is 1. The van der Waals surface area contributed by atoms with Crippen LogP contribution in [0.25, 0.3) is 17.2 Å². The molecule has 6 rings (SSSR count). The molecule has 0 radical (unpaired) electrons. The lowest BCUT2D eigenvalue weighted by Gasteiger charge is -2.57. The van der Waals surface area contributed by atoms with Crippen molar-refractivity contribution in [3.63, 3.8) is 0 Å². The molecule has 0 atom stereocenters. The second kappa shape index (κ2) is 10.1. The summed E-state index contributed by atoms with van der Waals surface area (Å²) in [6.45, 7) is 1.11. The Kier molecular flexibility index (Phi) is 6.89. The first kappa shape index (κ1) is 24.6. The normalized spacial score (nSPS) is 26.4. The summed E-state index contributed by atoms with van der Waals surface area (Å²) in [6, 6.07) is 11.2. The van der Waals surface area contributed by atoms with Crippen molar-refractivity contribution in [1.82, 2.24) is 5.32 Å². The summed E-state index contributed by atoms with van der Waals surface area (Å²) in [6.07, 6.45) is 11.6. The van der Waals surface area contributed by atoms with Gasteiger partial charge in [0, 0.05) is 23.7 Å². The van der Waals surface area contributed by atoms with Crippen LogP contribution in [0.3, 0.4) is 0 Å². The highest BCUT2D eigenvalue weighted by molar-refractivity contribution is 6.01. The molecule has 2 aromatic rings. The number of carboxylic acid groups (broad SMARTS) is 1. The van der Waals surface area contributed by atoms with Crippen molar-refractivity contribution in [1.29, 1.82) is 0 Å². The summed E-state index contributed by atoms with van der Waals surface area (Å²) in [5.74, 6) is 1.40. The Hall–Kier alpha value is -3.12. The molecular formula is C30H36N2O4. The van der Waals surface area contributed by atoms with E-state index >= 15 is 0 Å². The molecule has 0 saturated heterocycles. The van der Waals surface area contributed by atoms with Gasteiger partial charge in [0.15, 0.2) is 0 Å². The van der Waals surface area contributed by atoms with Crippen LogP contribution in [0, 0.1) is 17.8 Å². The van der Waals surface area contributed by atoms with Gasteiger partial charge in [0.05, 0.1) is 0 Å². The lowest BCUT2D eigenvalue weighted by atomic mass is 9.48. The largest absolute Gasteiger partial charge is 0.508 e. The molecule has 0 spiro atoms. The number of carbonyl (C=O) groups is 2. The molecule has 4 bridgehead atoms. The van der Waals surface area contributed by atoms with Crippen molar-refractivity contribution in [3.05, 3.63) is 59.2 Å². The molecule has 36 heavy (non-hydrogen) atoms. The van der Waals surface area contributed by atoms with Gasteiger partial charge in [-0.2, -0.15) is 0 Å². The average molecular weight is 489 g/mol. The van der Waals surface area contributed by atoms with Crippen LogP contribution in [0.1, 0.15) is 72.9 Å². The highest BCUT2D eigenvalue weighted by Gasteiger charge is 2.52. The van der Waals surface area contributed by atoms with Crippen LogP contribution in [0.5, 0.6) is 5.75 Å². The molecule has 5 N–H and O–H groups in total. The monoisotopic (exact) mass is 488 g/mol. The van der Waals surface area contributed by atoms with E-state index in [9.17, 15) is 14.7 Å². The molecule has 4 aliphatic carbocycles. The number of unbranched alkanes of at least 4 members (excludes halogenated alkanes) is 1. The number of aliphatic carboxylic acids is 1. The first-order chi connectivity index (χ1) is 17.4. The number of nitrogens with one attached hydrogen (secondary N) is 1. The number of rotatable bonds is 9. The second-order valence-corrected chi connectivity index (χ2v) is 11.2. The lowest BCUT2D eigenvalue weighted by Crippen LogP contribution is -2.48. The van der Waals surface area contributed by atoms with Crippen molar-refractivity contribution in [2.75, 3.05) is 13.1 Å². The van der Waals surface area contributed by atoms with E-state index < -0.39 is 5.97 Å². The molecule has 0 aromatic heterocycles. The summed E-state index contributed by atoms with van der Waals surface area (Å²) >= 11 is 0. The van der Waals surface area contributed by atoms with Crippen LogP contribution >= 0.6 is 0 Å². The van der Waals surface area contributed by atoms with Crippen molar-refractivity contribution < 1.29 is 19.8 Å². The first-order valence-electron chi connectivity index (χ1n) is 13.2. The quantitative estimate of drug-likeness (QED) is 0.290. The number of nitrogens with two attached hydrogens (primary N) is 1. The fraction of sp³-hybridized carbons (Fsp3) is 0.467. The summed E-state index contributed by atoms with van der Waals surface area (Å²) < 4.78 is 0. The highest BCUT2D eigenvalue weighted by atomic mass is 16.4. The third-order valence-corrected chi connectivity index (χ3v) is 8.54. The number of hydrogen-bond donors (Lipinski definition) is 4. The van der Waals surface area contributed by atoms with E-state index in [1.54, 1.807) is 12.1 Å². The molecule has 6 nitrogen and oxygen atoms in total. The van der Waals surface area contributed by atoms with Gasteiger partial charge in [-0.25, -0.2) is 4.79 Å². The topological polar surface area (TPSA) is 113 Å². The van der Waals surface area contributed by atoms with Gasteiger partial charge in [-0.05, 0) is 122 Å². The minimum absolute atomic E-state index is 0.0314. The van der Waals surface area contributed by atoms with E-state index in [-0.39, 0.29) is 11.3 Å². The Labute approximate surface area is 212 Å². The van der Waals surface area contributed by atoms with Gasteiger partial charge < -0.3 is 21.3 Å². The summed E-state index contributed by atoms with van der Waals surface area (Å²) in [5.41, 5.74) is 9.47. The molecule has 4 saturated carbocycles. The number of hydrogen-bond acceptors (Lipinski definition) is 4. The number of carbonyl (C=O) groups excluding carboxylic acids is 1. The van der Waals surface area contributed by atoms with Gasteiger partial charge in [-0.15, -0.1) is 0 Å². The zero-order valence-corrected chi connectivity index (χ0v) is 20.7. The zero-order valence-electron chi connectivity index (χ0n) is 20.7. The van der Waals surface area contributed by atoms with Crippen molar-refractivity contribution >= 4 is 18.0 Å². The Morgan fingerprint density at radius 1 is 1.00 bits per heavy atom. The molecular weight excluding hydrogens is 452 g/mol. The van der Waals surface area contributed by atoms with Crippen LogP contribution in [0.4, 0.5) is 0 Å². The maximum Gasteiger partial charge on any atom is 0.328 e. The summed E-state index contributed by atoms with van der Waals surface area (Å²) in [7, 11) is 0. The van der Waals surface area contributed by atoms with Crippen molar-refractivity contribution in [3.8, 4) is 16.9 Å². The molecule has 0 aliphatic heterocycles. The first-order valence-corrected chi connectivity index (χ1v) is 13.2. The fourth-order valence-corrected chi connectivity index (χ4v) is 7.41. The number of benzene rings is 2. The Balaban J connectivity index is 1.51. The highest BCUT2D eigenvalue weighted by Crippen LogP contribution is 2.62. The van der Waals surface area contributed by atoms with E-state index in [1.807, 2.05) is 18.2 Å². The molecule has 1 amide bonds. The second-order valence-electron chi connectivity index (χ2n) is 11.2. The minimum Gasteiger partial charge on any atom is -0.508 e. The predicted molar refractivity (Wildman–Crippen MR) is 141 cm³/mol. The SMILES string of the molecule is NCCCCNC(=O)c1cc(C=CC(=O)O)ccc1-c1ccc(O)c(C23CC4CC(CC(C4)C2)C3)c1. The maximum atomic E-state index is 13.2. The van der Waals surface area contributed by atoms with E-state index in [0.29, 0.717) is 30.0 Å². The van der Waals surface area contributed by atoms with Gasteiger partial charge in [0.2, 0.25) is 0 Å². The fourth-order valence-electron chi connectivity index (χ4n) is 7.41. The van der Waals surface area contributed by atoms with E-state index in [1.165, 1.54) is 25.3 Å². The number of carboxylic acids is 1. The van der Waals surface area contributed by atoms with Crippen LogP contribution in [0.2, 0.25) is 0 Å². The van der Waals surface area contributed by atoms with E-state index in [4.69, 9.17) is 10.8 Å². The van der Waals surface area contributed by atoms with Gasteiger partial charge >= 0.3 is 5.97 Å². The lowest BCUT2D eigenvalue weighted by molar-refractivity contribution is -0.131. The standard InChI is InChI=1S/C30H36N2O4/c31-9-1-2-10-32-29(36)25-14-19(4-8-28(34)35)3-6-24(25)23-5-7-27(33)26(15-23)30-16-20-11-21(17-30)13-22(12-20)18-30/h3-8,14-15,20-22,33H,1-2,9-13,16-18,31H2,(H,32,36)(H,34,35). The predicted octanol–water partition coefficient (Wildman–Crippen LogP) is 5.09. The van der Waals surface area contributed by atoms with Gasteiger partial charge in [-0.1, -0.05) is 18.2 Å². The van der Waals surface area contributed by atoms with Gasteiger partial charge in [-0.3, -0.25) is 4.79 Å². The number of phenolic OH excluding ortho intramolecular Hbond substituents is 1. The van der Waals surface area contributed by atoms with Gasteiger partial charge in [0.25, 0.3) is 5.91 Å². The third-order valence-electron chi connectivity index (χ3n) is 8.54. The van der Waals surface area contributed by atoms with E-state index in [2.05, 4.69) is 11.4 Å². The molecule has 4 fully saturated rings. The zero-order chi connectivity index (χ0) is 25.3. The van der Waals surface area contributed by atoms with Crippen LogP contribution in [-0.4, -0.2) is 35.2 Å². The van der Waals surface area contributed by atoms with Crippen molar-refractivity contribution in [2.45, 2.75) is 56.8 Å². The molecule has 6 heteroatoms. The van der Waals surface area contributed by atoms with Crippen LogP contribution < -0.4 is 11.1 Å². The molecule has 0 heterocycles. The van der Waals surface area contributed by atoms with Gasteiger partial charge in [0.1, 0.15) is 5.75 Å². The smallest absolute Gasteiger partial charge is 0.328 e. The summed E-state index contributed by atoms with van der Waals surface area (Å²) in [4.78, 5) is 24.2. The third kappa shape index (κ3) is 4.92. The molecule has 2 aromatic carbocycles. The van der Waals surface area contributed by atoms with Crippen LogP contribution in [-0.2, 0) is 10.2 Å². The van der Waals surface area contributed by atoms with Crippen LogP contribution in [0.15, 0.2) is 42.5 Å². The Morgan fingerprint density at radius 2 is 1.69 bits per heavy atom. The average Bonchev–Trinajstić information content (AvgIpc) is 2.84. The maximum absolute atomic E-state index is 13.2. The molecule has 4 aliphatic rings. The Bertz CT molecular complexity index is 1150. The molecule has 190 valence electrons. The molecule has 0 unspecified atom stereocenters. The van der Waals surface area contributed by atoms with Crippen molar-refractivity contribution in [2.24, 2.45) is 23.5 Å². The number of aromatic hydroxyl groups is 1. The minimum atomic E-state index is -1.04. The summed E-state index contributed by atoms with van der Waals surface area (Å²) in [5, 5.41) is 23.0. The Morgan fingerprint density at radius 3 is 2.33 bits per heavy atom. The number of phenols is 1.